The zero-order valence-electron chi connectivity index (χ0n) is 20.4. The van der Waals surface area contributed by atoms with Crippen molar-refractivity contribution in [1.29, 1.82) is 0 Å². The number of thioether (sulfide) groups is 1. The second-order valence-corrected chi connectivity index (χ2v) is 10.6. The number of hydrogen-bond acceptors (Lipinski definition) is 10. The Morgan fingerprint density at radius 1 is 1.18 bits per heavy atom. The minimum Gasteiger partial charge on any atom is -0.448 e. The quantitative estimate of drug-likeness (QED) is 0.125. The van der Waals surface area contributed by atoms with Crippen molar-refractivity contribution in [2.75, 3.05) is 11.5 Å². The van der Waals surface area contributed by atoms with E-state index in [9.17, 15) is 19.6 Å². The molecule has 2 atom stereocenters. The number of amides is 2. The number of nitrogen functional groups attached to an aromatic ring is 1. The van der Waals surface area contributed by atoms with Gasteiger partial charge in [-0.1, -0.05) is 78.5 Å². The van der Waals surface area contributed by atoms with Crippen LogP contribution in [0, 0.1) is 0 Å². The van der Waals surface area contributed by atoms with E-state index in [0.29, 0.717) is 11.3 Å². The maximum atomic E-state index is 13.6. The van der Waals surface area contributed by atoms with Crippen molar-refractivity contribution in [1.82, 2.24) is 15.2 Å². The Hall–Kier alpha value is -4.42. The molecule has 1 saturated heterocycles. The molecule has 2 aliphatic rings. The number of nitrogens with zero attached hydrogens (tertiary/aromatic N) is 3. The smallest absolute Gasteiger partial charge is 0.356 e. The number of ether oxygens (including phenoxy) is 1. The molecule has 12 heteroatoms. The maximum absolute atomic E-state index is 13.6. The number of allylic oxidation sites excluding steroid dienone is 1. The Kier molecular flexibility index (Phi) is 7.48. The third kappa shape index (κ3) is 5.03. The number of carbonyl (C=O) groups excluding carboxylic acids is 3. The molecule has 2 unspecified atom stereocenters. The highest BCUT2D eigenvalue weighted by Gasteiger charge is 2.54. The van der Waals surface area contributed by atoms with Gasteiger partial charge in [0.2, 0.25) is 0 Å². The summed E-state index contributed by atoms with van der Waals surface area (Å²) in [5.74, 6) is -1.60. The Bertz CT molecular complexity index is 1450. The van der Waals surface area contributed by atoms with Gasteiger partial charge in [-0.3, -0.25) is 14.5 Å². The van der Waals surface area contributed by atoms with E-state index in [2.05, 4.69) is 22.0 Å². The van der Waals surface area contributed by atoms with Crippen LogP contribution in [-0.4, -0.2) is 55.8 Å². The lowest BCUT2D eigenvalue weighted by Crippen LogP contribution is -2.71. The molecule has 5 rings (SSSR count). The van der Waals surface area contributed by atoms with E-state index in [1.807, 2.05) is 60.7 Å². The Morgan fingerprint density at radius 3 is 2.36 bits per heavy atom. The van der Waals surface area contributed by atoms with Gasteiger partial charge in [-0.2, -0.15) is 0 Å². The van der Waals surface area contributed by atoms with E-state index in [-0.39, 0.29) is 22.2 Å². The van der Waals surface area contributed by atoms with E-state index >= 15 is 0 Å². The highest BCUT2D eigenvalue weighted by molar-refractivity contribution is 8.00. The van der Waals surface area contributed by atoms with Crippen molar-refractivity contribution in [3.63, 3.8) is 0 Å². The highest BCUT2D eigenvalue weighted by Crippen LogP contribution is 2.42. The zero-order chi connectivity index (χ0) is 27.5. The average Bonchev–Trinajstić information content (AvgIpc) is 3.40. The number of hydrogen-bond donors (Lipinski definition) is 3. The molecular weight excluding hydrogens is 538 g/mol. The molecule has 10 nitrogen and oxygen atoms in total. The number of rotatable bonds is 8. The van der Waals surface area contributed by atoms with Crippen LogP contribution >= 0.6 is 23.1 Å². The predicted molar refractivity (Wildman–Crippen MR) is 148 cm³/mol. The SMILES string of the molecule is C=CC1=C(C(=O)OC(c2ccccc2)c2ccccc2)N2C(=O)C(NC(=O)/C(=N/O)c3csc(N)n3)C2SC1. The second kappa shape index (κ2) is 11.1. The van der Waals surface area contributed by atoms with Gasteiger partial charge in [-0.05, 0) is 16.7 Å². The number of anilines is 1. The molecular formula is C27H23N5O5S2. The second-order valence-electron chi connectivity index (χ2n) is 8.57. The van der Waals surface area contributed by atoms with Crippen LogP contribution in [-0.2, 0) is 19.1 Å². The fourth-order valence-electron chi connectivity index (χ4n) is 4.35. The molecule has 2 amide bonds. The molecule has 198 valence electrons. The minimum absolute atomic E-state index is 0.0865. The van der Waals surface area contributed by atoms with Gasteiger partial charge in [-0.15, -0.1) is 23.1 Å². The lowest BCUT2D eigenvalue weighted by atomic mass is 10.0. The van der Waals surface area contributed by atoms with Gasteiger partial charge < -0.3 is 21.0 Å². The molecule has 2 aliphatic heterocycles. The van der Waals surface area contributed by atoms with Crippen LogP contribution in [0.2, 0.25) is 0 Å². The van der Waals surface area contributed by atoms with Crippen molar-refractivity contribution in [2.24, 2.45) is 5.16 Å². The normalized spacial score (nSPS) is 18.8. The lowest BCUT2D eigenvalue weighted by molar-refractivity contribution is -0.154. The first-order valence-corrected chi connectivity index (χ1v) is 13.7. The van der Waals surface area contributed by atoms with Gasteiger partial charge in [0.1, 0.15) is 22.8 Å². The molecule has 39 heavy (non-hydrogen) atoms. The number of nitrogens with one attached hydrogen (secondary N) is 1. The summed E-state index contributed by atoms with van der Waals surface area (Å²) < 4.78 is 6.02. The largest absolute Gasteiger partial charge is 0.448 e. The molecule has 0 radical (unpaired) electrons. The van der Waals surface area contributed by atoms with Gasteiger partial charge in [0.05, 0.1) is 0 Å². The lowest BCUT2D eigenvalue weighted by Gasteiger charge is -2.49. The van der Waals surface area contributed by atoms with E-state index in [1.165, 1.54) is 28.1 Å². The van der Waals surface area contributed by atoms with E-state index in [0.717, 1.165) is 22.5 Å². The third-order valence-electron chi connectivity index (χ3n) is 6.23. The molecule has 0 aliphatic carbocycles. The fourth-order valence-corrected chi connectivity index (χ4v) is 6.24. The van der Waals surface area contributed by atoms with Gasteiger partial charge in [0.25, 0.3) is 11.8 Å². The van der Waals surface area contributed by atoms with Crippen LogP contribution in [0.1, 0.15) is 22.9 Å². The van der Waals surface area contributed by atoms with Crippen LogP contribution in [0.5, 0.6) is 0 Å². The van der Waals surface area contributed by atoms with Crippen LogP contribution in [0.15, 0.2) is 95.1 Å². The number of oxime groups is 1. The molecule has 0 bridgehead atoms. The monoisotopic (exact) mass is 561 g/mol. The summed E-state index contributed by atoms with van der Waals surface area (Å²) >= 11 is 2.45. The first-order chi connectivity index (χ1) is 18.9. The van der Waals surface area contributed by atoms with Crippen molar-refractivity contribution in [3.8, 4) is 0 Å². The van der Waals surface area contributed by atoms with Crippen LogP contribution in [0.3, 0.4) is 0 Å². The number of benzene rings is 2. The van der Waals surface area contributed by atoms with E-state index in [1.54, 1.807) is 0 Å². The number of esters is 1. The number of aromatic nitrogens is 1. The molecule has 0 saturated carbocycles. The summed E-state index contributed by atoms with van der Waals surface area (Å²) in [7, 11) is 0. The fraction of sp³-hybridized carbons (Fsp3) is 0.148. The Balaban J connectivity index is 1.37. The average molecular weight is 562 g/mol. The molecule has 1 fully saturated rings. The van der Waals surface area contributed by atoms with Gasteiger partial charge in [-0.25, -0.2) is 9.78 Å². The van der Waals surface area contributed by atoms with Crippen LogP contribution < -0.4 is 11.1 Å². The Labute approximate surface area is 231 Å². The molecule has 0 spiro atoms. The molecule has 1 aromatic heterocycles. The van der Waals surface area contributed by atoms with Crippen molar-refractivity contribution < 1.29 is 24.3 Å². The molecule has 3 heterocycles. The summed E-state index contributed by atoms with van der Waals surface area (Å²) in [6.07, 6.45) is 0.828. The molecule has 2 aromatic carbocycles. The standard InChI is InChI=1S/C27H23N5O5S2/c1-2-15-13-38-25-20(30-23(33)19(31-36)18-14-39-27(28)29-18)24(34)32(25)21(15)26(35)37-22(16-9-5-3-6-10-16)17-11-7-4-8-12-17/h2-12,14,20,22,25,36H,1,13H2,(H2,28,29)(H,30,33)/b31-19+. The van der Waals surface area contributed by atoms with Crippen molar-refractivity contribution in [3.05, 3.63) is 107 Å². The van der Waals surface area contributed by atoms with Gasteiger partial charge in [0, 0.05) is 11.1 Å². The minimum atomic E-state index is -0.955. The number of fused-ring (bicyclic) bond motifs is 1. The first kappa shape index (κ1) is 26.2. The number of carbonyl (C=O) groups is 3. The summed E-state index contributed by atoms with van der Waals surface area (Å²) in [6, 6.07) is 17.7. The van der Waals surface area contributed by atoms with E-state index < -0.39 is 35.3 Å². The number of β-lactam (4-membered cyclic amide) rings is 1. The van der Waals surface area contributed by atoms with E-state index in [4.69, 9.17) is 10.5 Å². The first-order valence-electron chi connectivity index (χ1n) is 11.8. The number of nitrogens with two attached hydrogens (primary N) is 1. The summed E-state index contributed by atoms with van der Waals surface area (Å²) in [5.41, 5.74) is 7.52. The van der Waals surface area contributed by atoms with Gasteiger partial charge in [0.15, 0.2) is 16.9 Å². The van der Waals surface area contributed by atoms with Crippen molar-refractivity contribution >= 4 is 51.7 Å². The third-order valence-corrected chi connectivity index (χ3v) is 8.21. The van der Waals surface area contributed by atoms with Crippen molar-refractivity contribution in [2.45, 2.75) is 17.5 Å². The number of thiazole rings is 1. The Morgan fingerprint density at radius 2 is 1.82 bits per heavy atom. The maximum Gasteiger partial charge on any atom is 0.356 e. The summed E-state index contributed by atoms with van der Waals surface area (Å²) in [5, 5.41) is 16.1. The van der Waals surface area contributed by atoms with Gasteiger partial charge >= 0.3 is 5.97 Å². The molecule has 4 N–H and O–H groups in total. The zero-order valence-corrected chi connectivity index (χ0v) is 22.0. The van der Waals surface area contributed by atoms with Crippen LogP contribution in [0.4, 0.5) is 5.13 Å². The highest BCUT2D eigenvalue weighted by atomic mass is 32.2. The molecule has 3 aromatic rings. The summed E-state index contributed by atoms with van der Waals surface area (Å²) in [6.45, 7) is 3.81. The van der Waals surface area contributed by atoms with Crippen LogP contribution in [0.25, 0.3) is 0 Å². The topological polar surface area (TPSA) is 147 Å². The summed E-state index contributed by atoms with van der Waals surface area (Å²) in [4.78, 5) is 45.0. The predicted octanol–water partition coefficient (Wildman–Crippen LogP) is 3.08.